The maximum absolute atomic E-state index is 12.3. The highest BCUT2D eigenvalue weighted by Crippen LogP contribution is 2.30. The van der Waals surface area contributed by atoms with Crippen molar-refractivity contribution >= 4 is 18.0 Å². The van der Waals surface area contributed by atoms with Crippen LogP contribution in [0.25, 0.3) is 0 Å². The molecule has 0 radical (unpaired) electrons. The van der Waals surface area contributed by atoms with Crippen LogP contribution >= 0.6 is 0 Å². The standard InChI is InChI=1S/C15H23NO5/c1-6-8-10-9-11(13(18)20-7-2)16(12(10)17)14(19)21-15(3,4)5/h6,10-11H,1,7-9H2,2-5H3. The smallest absolute Gasteiger partial charge is 0.417 e. The lowest BCUT2D eigenvalue weighted by Gasteiger charge is -2.26. The minimum atomic E-state index is -0.919. The number of esters is 1. The third kappa shape index (κ3) is 4.31. The van der Waals surface area contributed by atoms with Crippen molar-refractivity contribution in [1.82, 2.24) is 4.90 Å². The van der Waals surface area contributed by atoms with E-state index in [-0.39, 0.29) is 13.0 Å². The number of amides is 2. The van der Waals surface area contributed by atoms with Gasteiger partial charge in [-0.1, -0.05) is 6.08 Å². The first-order chi connectivity index (χ1) is 9.71. The van der Waals surface area contributed by atoms with E-state index in [1.54, 1.807) is 33.8 Å². The molecule has 1 rings (SSSR count). The number of carbonyl (C=O) groups excluding carboxylic acids is 3. The fraction of sp³-hybridized carbons (Fsp3) is 0.667. The zero-order valence-corrected chi connectivity index (χ0v) is 13.0. The van der Waals surface area contributed by atoms with E-state index in [9.17, 15) is 14.4 Å². The molecule has 1 aliphatic heterocycles. The highest BCUT2D eigenvalue weighted by atomic mass is 16.6. The van der Waals surface area contributed by atoms with Gasteiger partial charge in [-0.25, -0.2) is 14.5 Å². The highest BCUT2D eigenvalue weighted by molar-refractivity contribution is 6.00. The molecule has 21 heavy (non-hydrogen) atoms. The van der Waals surface area contributed by atoms with Gasteiger partial charge in [-0.2, -0.15) is 0 Å². The van der Waals surface area contributed by atoms with Gasteiger partial charge < -0.3 is 9.47 Å². The maximum atomic E-state index is 12.3. The summed E-state index contributed by atoms with van der Waals surface area (Å²) in [5, 5.41) is 0. The molecule has 0 aliphatic carbocycles. The summed E-state index contributed by atoms with van der Waals surface area (Å²) in [5.41, 5.74) is -0.743. The van der Waals surface area contributed by atoms with Gasteiger partial charge in [0.25, 0.3) is 0 Å². The van der Waals surface area contributed by atoms with Gasteiger partial charge in [-0.05, 0) is 40.5 Å². The van der Waals surface area contributed by atoms with Gasteiger partial charge >= 0.3 is 12.1 Å². The van der Waals surface area contributed by atoms with E-state index < -0.39 is 35.5 Å². The molecule has 2 amide bonds. The minimum Gasteiger partial charge on any atom is -0.464 e. The molecule has 118 valence electrons. The molecule has 1 heterocycles. The van der Waals surface area contributed by atoms with Crippen molar-refractivity contribution in [3.63, 3.8) is 0 Å². The second-order valence-electron chi connectivity index (χ2n) is 5.91. The minimum absolute atomic E-state index is 0.192. The van der Waals surface area contributed by atoms with Crippen molar-refractivity contribution in [2.75, 3.05) is 6.61 Å². The summed E-state index contributed by atoms with van der Waals surface area (Å²) in [7, 11) is 0. The first-order valence-corrected chi connectivity index (χ1v) is 7.04. The average Bonchev–Trinajstić information content (AvgIpc) is 2.66. The molecule has 2 unspecified atom stereocenters. The Bertz CT molecular complexity index is 438. The number of ether oxygens (including phenoxy) is 2. The Labute approximate surface area is 125 Å². The molecule has 1 saturated heterocycles. The second-order valence-corrected chi connectivity index (χ2v) is 5.91. The summed E-state index contributed by atoms with van der Waals surface area (Å²) in [6.07, 6.45) is 1.44. The lowest BCUT2D eigenvalue weighted by molar-refractivity contribution is -0.151. The zero-order valence-electron chi connectivity index (χ0n) is 13.0. The van der Waals surface area contributed by atoms with Crippen molar-refractivity contribution in [2.24, 2.45) is 5.92 Å². The number of rotatable bonds is 4. The molecule has 0 aromatic carbocycles. The molecule has 0 saturated carbocycles. The Morgan fingerprint density at radius 2 is 2.05 bits per heavy atom. The van der Waals surface area contributed by atoms with Gasteiger partial charge in [0.2, 0.25) is 5.91 Å². The third-order valence-corrected chi connectivity index (χ3v) is 3.01. The van der Waals surface area contributed by atoms with Gasteiger partial charge in [-0.15, -0.1) is 6.58 Å². The predicted octanol–water partition coefficient (Wildman–Crippen LogP) is 2.28. The van der Waals surface area contributed by atoms with Crippen LogP contribution in [0.2, 0.25) is 0 Å². The maximum Gasteiger partial charge on any atom is 0.417 e. The number of nitrogens with zero attached hydrogens (tertiary/aromatic N) is 1. The Morgan fingerprint density at radius 1 is 1.43 bits per heavy atom. The molecule has 6 nitrogen and oxygen atoms in total. The molecule has 0 aromatic rings. The zero-order chi connectivity index (χ0) is 16.2. The molecule has 1 fully saturated rings. The Morgan fingerprint density at radius 3 is 2.52 bits per heavy atom. The van der Waals surface area contributed by atoms with E-state index in [0.717, 1.165) is 4.90 Å². The van der Waals surface area contributed by atoms with Gasteiger partial charge in [0.05, 0.1) is 6.61 Å². The topological polar surface area (TPSA) is 72.9 Å². The summed E-state index contributed by atoms with van der Waals surface area (Å²) in [4.78, 5) is 37.4. The largest absolute Gasteiger partial charge is 0.464 e. The van der Waals surface area contributed by atoms with Crippen LogP contribution in [-0.2, 0) is 19.1 Å². The summed E-state index contributed by atoms with van der Waals surface area (Å²) in [6, 6.07) is -0.919. The van der Waals surface area contributed by atoms with Crippen molar-refractivity contribution in [3.8, 4) is 0 Å². The number of likely N-dealkylation sites (tertiary alicyclic amines) is 1. The van der Waals surface area contributed by atoms with Crippen LogP contribution in [0.3, 0.4) is 0 Å². The molecule has 6 heteroatoms. The van der Waals surface area contributed by atoms with E-state index in [1.165, 1.54) is 0 Å². The molecular formula is C15H23NO5. The molecule has 0 bridgehead atoms. The number of allylic oxidation sites excluding steroid dienone is 1. The van der Waals surface area contributed by atoms with E-state index in [0.29, 0.717) is 6.42 Å². The van der Waals surface area contributed by atoms with E-state index >= 15 is 0 Å². The van der Waals surface area contributed by atoms with Crippen molar-refractivity contribution in [3.05, 3.63) is 12.7 Å². The average molecular weight is 297 g/mol. The molecule has 2 atom stereocenters. The van der Waals surface area contributed by atoms with E-state index in [4.69, 9.17) is 9.47 Å². The fourth-order valence-corrected chi connectivity index (χ4v) is 2.19. The lowest BCUT2D eigenvalue weighted by Crippen LogP contribution is -2.46. The highest BCUT2D eigenvalue weighted by Gasteiger charge is 2.48. The van der Waals surface area contributed by atoms with Crippen molar-refractivity contribution in [2.45, 2.75) is 52.2 Å². The molecule has 0 N–H and O–H groups in total. The predicted molar refractivity (Wildman–Crippen MR) is 76.4 cm³/mol. The van der Waals surface area contributed by atoms with E-state index in [2.05, 4.69) is 6.58 Å². The van der Waals surface area contributed by atoms with Crippen LogP contribution in [0.15, 0.2) is 12.7 Å². The van der Waals surface area contributed by atoms with Crippen LogP contribution in [0.5, 0.6) is 0 Å². The molecular weight excluding hydrogens is 274 g/mol. The number of carbonyl (C=O) groups is 3. The van der Waals surface area contributed by atoms with Crippen molar-refractivity contribution in [1.29, 1.82) is 0 Å². The van der Waals surface area contributed by atoms with Crippen LogP contribution in [0.4, 0.5) is 4.79 Å². The van der Waals surface area contributed by atoms with E-state index in [1.807, 2.05) is 0 Å². The first-order valence-electron chi connectivity index (χ1n) is 7.04. The van der Waals surface area contributed by atoms with Crippen LogP contribution < -0.4 is 0 Å². The van der Waals surface area contributed by atoms with Gasteiger partial charge in [0.1, 0.15) is 11.6 Å². The van der Waals surface area contributed by atoms with Crippen LogP contribution in [-0.4, -0.2) is 41.1 Å². The normalized spacial score (nSPS) is 22.1. The second kappa shape index (κ2) is 6.74. The summed E-state index contributed by atoms with van der Waals surface area (Å²) >= 11 is 0. The number of hydrogen-bond acceptors (Lipinski definition) is 5. The Balaban J connectivity index is 2.97. The van der Waals surface area contributed by atoms with Gasteiger partial charge in [0, 0.05) is 5.92 Å². The van der Waals surface area contributed by atoms with Gasteiger partial charge in [0.15, 0.2) is 0 Å². The van der Waals surface area contributed by atoms with Crippen LogP contribution in [0, 0.1) is 5.92 Å². The summed E-state index contributed by atoms with van der Waals surface area (Å²) in [6.45, 7) is 10.6. The molecule has 0 aromatic heterocycles. The third-order valence-electron chi connectivity index (χ3n) is 3.01. The van der Waals surface area contributed by atoms with Crippen LogP contribution in [0.1, 0.15) is 40.5 Å². The molecule has 0 spiro atoms. The lowest BCUT2D eigenvalue weighted by atomic mass is 10.0. The Hall–Kier alpha value is -1.85. The Kier molecular flexibility index (Phi) is 5.52. The number of hydrogen-bond donors (Lipinski definition) is 0. The summed E-state index contributed by atoms with van der Waals surface area (Å²) in [5.74, 6) is -1.44. The SMILES string of the molecule is C=CCC1CC(C(=O)OCC)N(C(=O)OC(C)(C)C)C1=O. The first kappa shape index (κ1) is 17.2. The number of imide groups is 1. The monoisotopic (exact) mass is 297 g/mol. The fourth-order valence-electron chi connectivity index (χ4n) is 2.19. The quantitative estimate of drug-likeness (QED) is 0.588. The van der Waals surface area contributed by atoms with Gasteiger partial charge in [-0.3, -0.25) is 4.79 Å². The van der Waals surface area contributed by atoms with Crippen molar-refractivity contribution < 1.29 is 23.9 Å². The summed E-state index contributed by atoms with van der Waals surface area (Å²) < 4.78 is 10.2. The molecule has 1 aliphatic rings.